The Hall–Kier alpha value is -3.41. The predicted octanol–water partition coefficient (Wildman–Crippen LogP) is 3.40. The van der Waals surface area contributed by atoms with Crippen LogP contribution in [0.15, 0.2) is 65.6 Å². The van der Waals surface area contributed by atoms with Crippen molar-refractivity contribution in [2.24, 2.45) is 0 Å². The van der Waals surface area contributed by atoms with E-state index in [2.05, 4.69) is 10.3 Å². The molecule has 0 radical (unpaired) electrons. The highest BCUT2D eigenvalue weighted by Gasteiger charge is 2.13. The van der Waals surface area contributed by atoms with Crippen LogP contribution < -0.4 is 11.0 Å². The van der Waals surface area contributed by atoms with Gasteiger partial charge in [-0.2, -0.15) is 0 Å². The minimum Gasteiger partial charge on any atom is -0.325 e. The normalized spacial score (nSPS) is 11.1. The van der Waals surface area contributed by atoms with Gasteiger partial charge in [-0.15, -0.1) is 0 Å². The SMILES string of the molecule is CCn1c(=O)n(CCC(=O)Nc2cnc3ccccc3c2)c2ccccc21. The van der Waals surface area contributed by atoms with Crippen molar-refractivity contribution in [1.82, 2.24) is 14.1 Å². The number of hydrogen-bond donors (Lipinski definition) is 1. The number of carbonyl (C=O) groups is 1. The fraction of sp³-hybridized carbons (Fsp3) is 0.190. The number of anilines is 1. The van der Waals surface area contributed by atoms with Crippen LogP contribution >= 0.6 is 0 Å². The van der Waals surface area contributed by atoms with Gasteiger partial charge in [-0.1, -0.05) is 30.3 Å². The van der Waals surface area contributed by atoms with Crippen LogP contribution in [-0.2, 0) is 17.9 Å². The van der Waals surface area contributed by atoms with E-state index in [1.807, 2.05) is 61.5 Å². The molecule has 2 heterocycles. The van der Waals surface area contributed by atoms with Crippen LogP contribution in [0.25, 0.3) is 21.9 Å². The van der Waals surface area contributed by atoms with Crippen molar-refractivity contribution < 1.29 is 4.79 Å². The summed E-state index contributed by atoms with van der Waals surface area (Å²) in [6.45, 7) is 2.87. The van der Waals surface area contributed by atoms with E-state index in [0.717, 1.165) is 21.9 Å². The van der Waals surface area contributed by atoms with E-state index in [1.54, 1.807) is 15.3 Å². The summed E-state index contributed by atoms with van der Waals surface area (Å²) >= 11 is 0. The molecule has 0 unspecified atom stereocenters. The summed E-state index contributed by atoms with van der Waals surface area (Å²) in [4.78, 5) is 29.4. The Morgan fingerprint density at radius 2 is 1.74 bits per heavy atom. The molecular formula is C21H20N4O2. The summed E-state index contributed by atoms with van der Waals surface area (Å²) in [5.41, 5.74) is 3.20. The number of benzene rings is 2. The van der Waals surface area contributed by atoms with Gasteiger partial charge < -0.3 is 5.32 Å². The van der Waals surface area contributed by atoms with E-state index >= 15 is 0 Å². The maximum atomic E-state index is 12.6. The molecule has 0 atom stereocenters. The summed E-state index contributed by atoms with van der Waals surface area (Å²) in [5, 5.41) is 3.84. The van der Waals surface area contributed by atoms with Gasteiger partial charge in [0.1, 0.15) is 0 Å². The van der Waals surface area contributed by atoms with Crippen LogP contribution in [-0.4, -0.2) is 20.0 Å². The zero-order chi connectivity index (χ0) is 18.8. The molecule has 0 saturated carbocycles. The maximum Gasteiger partial charge on any atom is 0.329 e. The molecule has 1 N–H and O–H groups in total. The van der Waals surface area contributed by atoms with Crippen molar-refractivity contribution >= 4 is 33.5 Å². The van der Waals surface area contributed by atoms with Gasteiger partial charge in [0.25, 0.3) is 0 Å². The largest absolute Gasteiger partial charge is 0.329 e. The fourth-order valence-corrected chi connectivity index (χ4v) is 3.37. The molecule has 4 rings (SSSR count). The van der Waals surface area contributed by atoms with Crippen molar-refractivity contribution in [3.63, 3.8) is 0 Å². The molecule has 0 fully saturated rings. The number of para-hydroxylation sites is 3. The Balaban J connectivity index is 1.51. The molecule has 6 heteroatoms. The first-order valence-corrected chi connectivity index (χ1v) is 9.00. The average Bonchev–Trinajstić information content (AvgIpc) is 2.97. The zero-order valence-corrected chi connectivity index (χ0v) is 15.1. The van der Waals surface area contributed by atoms with Crippen LogP contribution in [0.2, 0.25) is 0 Å². The zero-order valence-electron chi connectivity index (χ0n) is 15.1. The molecule has 0 aliphatic rings. The third-order valence-electron chi connectivity index (χ3n) is 4.68. The first-order valence-electron chi connectivity index (χ1n) is 9.00. The van der Waals surface area contributed by atoms with Gasteiger partial charge in [-0.3, -0.25) is 18.9 Å². The molecule has 4 aromatic rings. The quantitative estimate of drug-likeness (QED) is 0.593. The van der Waals surface area contributed by atoms with E-state index in [4.69, 9.17) is 0 Å². The second-order valence-corrected chi connectivity index (χ2v) is 6.38. The Kier molecular flexibility index (Phi) is 4.46. The number of imidazole rings is 1. The highest BCUT2D eigenvalue weighted by molar-refractivity contribution is 5.93. The minimum atomic E-state index is -0.146. The van der Waals surface area contributed by atoms with Crippen molar-refractivity contribution in [2.75, 3.05) is 5.32 Å². The number of pyridine rings is 1. The second kappa shape index (κ2) is 7.07. The number of nitrogens with zero attached hydrogens (tertiary/aromatic N) is 3. The van der Waals surface area contributed by atoms with Crippen LogP contribution in [0.3, 0.4) is 0 Å². The highest BCUT2D eigenvalue weighted by Crippen LogP contribution is 2.17. The van der Waals surface area contributed by atoms with Gasteiger partial charge in [-0.05, 0) is 31.2 Å². The summed E-state index contributed by atoms with van der Waals surface area (Å²) in [6, 6.07) is 17.3. The lowest BCUT2D eigenvalue weighted by atomic mass is 10.2. The van der Waals surface area contributed by atoms with Gasteiger partial charge in [0.15, 0.2) is 0 Å². The van der Waals surface area contributed by atoms with E-state index in [9.17, 15) is 9.59 Å². The number of rotatable bonds is 5. The fourth-order valence-electron chi connectivity index (χ4n) is 3.37. The monoisotopic (exact) mass is 360 g/mol. The van der Waals surface area contributed by atoms with Gasteiger partial charge in [0.2, 0.25) is 5.91 Å². The highest BCUT2D eigenvalue weighted by atomic mass is 16.2. The summed E-state index contributed by atoms with van der Waals surface area (Å²) in [7, 11) is 0. The van der Waals surface area contributed by atoms with Gasteiger partial charge >= 0.3 is 5.69 Å². The smallest absolute Gasteiger partial charge is 0.325 e. The lowest BCUT2D eigenvalue weighted by molar-refractivity contribution is -0.116. The van der Waals surface area contributed by atoms with Crippen LogP contribution in [0.4, 0.5) is 5.69 Å². The Morgan fingerprint density at radius 1 is 1.04 bits per heavy atom. The number of fused-ring (bicyclic) bond motifs is 2. The Labute approximate surface area is 156 Å². The van der Waals surface area contributed by atoms with Crippen LogP contribution in [0, 0.1) is 0 Å². The lowest BCUT2D eigenvalue weighted by Gasteiger charge is -2.07. The molecular weight excluding hydrogens is 340 g/mol. The summed E-state index contributed by atoms with van der Waals surface area (Å²) < 4.78 is 3.39. The molecule has 2 aromatic carbocycles. The lowest BCUT2D eigenvalue weighted by Crippen LogP contribution is -2.25. The number of aryl methyl sites for hydroxylation is 2. The average molecular weight is 360 g/mol. The van der Waals surface area contributed by atoms with E-state index in [1.165, 1.54) is 0 Å². The van der Waals surface area contributed by atoms with Crippen LogP contribution in [0.5, 0.6) is 0 Å². The predicted molar refractivity (Wildman–Crippen MR) is 107 cm³/mol. The minimum absolute atomic E-state index is 0.0844. The molecule has 0 spiro atoms. The molecule has 0 bridgehead atoms. The topological polar surface area (TPSA) is 68.9 Å². The van der Waals surface area contributed by atoms with E-state index in [-0.39, 0.29) is 18.0 Å². The Morgan fingerprint density at radius 3 is 2.52 bits per heavy atom. The van der Waals surface area contributed by atoms with Gasteiger partial charge in [-0.25, -0.2) is 4.79 Å². The second-order valence-electron chi connectivity index (χ2n) is 6.38. The van der Waals surface area contributed by atoms with Gasteiger partial charge in [0.05, 0.1) is 28.4 Å². The molecule has 1 amide bonds. The van der Waals surface area contributed by atoms with E-state index < -0.39 is 0 Å². The standard InChI is InChI=1S/C21H20N4O2/c1-2-24-18-9-5-6-10-19(18)25(21(24)27)12-11-20(26)23-16-13-15-7-3-4-8-17(15)22-14-16/h3-10,13-14H,2,11-12H2,1H3,(H,23,26). The molecule has 136 valence electrons. The number of nitrogens with one attached hydrogen (secondary N) is 1. The molecule has 2 aromatic heterocycles. The van der Waals surface area contributed by atoms with Gasteiger partial charge in [0, 0.05) is 24.9 Å². The molecule has 27 heavy (non-hydrogen) atoms. The van der Waals surface area contributed by atoms with Crippen LogP contribution in [0.1, 0.15) is 13.3 Å². The van der Waals surface area contributed by atoms with Crippen molar-refractivity contribution in [3.8, 4) is 0 Å². The van der Waals surface area contributed by atoms with Crippen molar-refractivity contribution in [3.05, 3.63) is 71.3 Å². The third-order valence-corrected chi connectivity index (χ3v) is 4.68. The van der Waals surface area contributed by atoms with E-state index in [0.29, 0.717) is 18.8 Å². The first kappa shape index (κ1) is 17.0. The molecule has 6 nitrogen and oxygen atoms in total. The summed E-state index contributed by atoms with van der Waals surface area (Å²) in [5.74, 6) is -0.146. The Bertz CT molecular complexity index is 1190. The molecule has 0 aliphatic carbocycles. The number of carbonyl (C=O) groups excluding carboxylic acids is 1. The molecule has 0 aliphatic heterocycles. The third kappa shape index (κ3) is 3.21. The first-order chi connectivity index (χ1) is 13.2. The molecule has 0 saturated heterocycles. The maximum absolute atomic E-state index is 12.6. The van der Waals surface area contributed by atoms with Crippen molar-refractivity contribution in [2.45, 2.75) is 26.4 Å². The summed E-state index contributed by atoms with van der Waals surface area (Å²) in [6.07, 6.45) is 1.86. The van der Waals surface area contributed by atoms with Crippen molar-refractivity contribution in [1.29, 1.82) is 0 Å². The number of hydrogen-bond acceptors (Lipinski definition) is 3. The number of aromatic nitrogens is 3. The number of amides is 1.